The standard InChI is InChI=1S/C12H21N3O3S/c1-4-15-8-12(10(3)13-15)19(16,17)14-9(2)11-6-5-7-18-11/h8-9,11,14H,4-7H2,1-3H3. The summed E-state index contributed by atoms with van der Waals surface area (Å²) in [6, 6.07) is -0.225. The summed E-state index contributed by atoms with van der Waals surface area (Å²) in [6.07, 6.45) is 3.43. The second-order valence-corrected chi connectivity index (χ2v) is 6.58. The van der Waals surface area contributed by atoms with E-state index >= 15 is 0 Å². The first-order valence-corrected chi connectivity index (χ1v) is 8.10. The quantitative estimate of drug-likeness (QED) is 0.879. The van der Waals surface area contributed by atoms with E-state index in [4.69, 9.17) is 4.74 Å². The van der Waals surface area contributed by atoms with Crippen LogP contribution in [0.5, 0.6) is 0 Å². The first-order chi connectivity index (χ1) is 8.94. The largest absolute Gasteiger partial charge is 0.377 e. The highest BCUT2D eigenvalue weighted by Gasteiger charge is 2.28. The molecule has 0 saturated carbocycles. The lowest BCUT2D eigenvalue weighted by Crippen LogP contribution is -2.40. The topological polar surface area (TPSA) is 73.2 Å². The molecule has 2 rings (SSSR count). The Morgan fingerprint density at radius 2 is 2.37 bits per heavy atom. The second-order valence-electron chi connectivity index (χ2n) is 4.90. The number of ether oxygens (including phenoxy) is 1. The Hall–Kier alpha value is -0.920. The van der Waals surface area contributed by atoms with Crippen LogP contribution >= 0.6 is 0 Å². The fourth-order valence-corrected chi connectivity index (χ4v) is 3.76. The summed E-state index contributed by atoms with van der Waals surface area (Å²) in [6.45, 7) is 6.83. The molecule has 1 saturated heterocycles. The summed E-state index contributed by atoms with van der Waals surface area (Å²) in [5, 5.41) is 4.17. The number of hydrogen-bond donors (Lipinski definition) is 1. The molecule has 2 atom stereocenters. The van der Waals surface area contributed by atoms with Crippen LogP contribution < -0.4 is 4.72 Å². The molecule has 108 valence electrons. The molecule has 0 radical (unpaired) electrons. The van der Waals surface area contributed by atoms with Crippen molar-refractivity contribution in [1.29, 1.82) is 0 Å². The lowest BCUT2D eigenvalue weighted by atomic mass is 10.1. The third kappa shape index (κ3) is 3.16. The van der Waals surface area contributed by atoms with Gasteiger partial charge in [-0.1, -0.05) is 0 Å². The summed E-state index contributed by atoms with van der Waals surface area (Å²) < 4.78 is 34.5. The molecule has 6 nitrogen and oxygen atoms in total. The number of hydrogen-bond acceptors (Lipinski definition) is 4. The van der Waals surface area contributed by atoms with Crippen molar-refractivity contribution in [1.82, 2.24) is 14.5 Å². The van der Waals surface area contributed by atoms with Gasteiger partial charge in [-0.25, -0.2) is 13.1 Å². The normalized spacial score (nSPS) is 21.7. The predicted molar refractivity (Wildman–Crippen MR) is 71.4 cm³/mol. The number of rotatable bonds is 5. The third-order valence-electron chi connectivity index (χ3n) is 3.38. The molecule has 0 amide bonds. The van der Waals surface area contributed by atoms with E-state index in [9.17, 15) is 8.42 Å². The highest BCUT2D eigenvalue weighted by atomic mass is 32.2. The van der Waals surface area contributed by atoms with Gasteiger partial charge in [-0.3, -0.25) is 4.68 Å². The van der Waals surface area contributed by atoms with Crippen LogP contribution in [-0.2, 0) is 21.3 Å². The zero-order valence-corrected chi connectivity index (χ0v) is 12.4. The summed E-state index contributed by atoms with van der Waals surface area (Å²) >= 11 is 0. The first-order valence-electron chi connectivity index (χ1n) is 6.62. The zero-order valence-electron chi connectivity index (χ0n) is 11.6. The maximum absolute atomic E-state index is 12.3. The van der Waals surface area contributed by atoms with Crippen LogP contribution in [0.2, 0.25) is 0 Å². The van der Waals surface area contributed by atoms with Crippen molar-refractivity contribution in [3.05, 3.63) is 11.9 Å². The first kappa shape index (κ1) is 14.5. The van der Waals surface area contributed by atoms with Crippen molar-refractivity contribution in [2.45, 2.75) is 57.2 Å². The lowest BCUT2D eigenvalue weighted by molar-refractivity contribution is 0.0902. The van der Waals surface area contributed by atoms with E-state index in [1.165, 1.54) is 0 Å². The van der Waals surface area contributed by atoms with Crippen molar-refractivity contribution in [2.75, 3.05) is 6.61 Å². The molecule has 1 aliphatic rings. The van der Waals surface area contributed by atoms with Gasteiger partial charge in [0.2, 0.25) is 10.0 Å². The zero-order chi connectivity index (χ0) is 14.0. The Bertz CT molecular complexity index is 532. The molecule has 1 fully saturated rings. The average molecular weight is 287 g/mol. The minimum Gasteiger partial charge on any atom is -0.377 e. The average Bonchev–Trinajstić information content (AvgIpc) is 2.96. The summed E-state index contributed by atoms with van der Waals surface area (Å²) in [4.78, 5) is 0.249. The molecule has 0 spiro atoms. The van der Waals surface area contributed by atoms with Crippen LogP contribution in [0.4, 0.5) is 0 Å². The molecule has 2 unspecified atom stereocenters. The number of nitrogens with zero attached hydrogens (tertiary/aromatic N) is 2. The van der Waals surface area contributed by atoms with Gasteiger partial charge in [0, 0.05) is 25.4 Å². The van der Waals surface area contributed by atoms with Crippen molar-refractivity contribution in [2.24, 2.45) is 0 Å². The highest BCUT2D eigenvalue weighted by molar-refractivity contribution is 7.89. The smallest absolute Gasteiger partial charge is 0.244 e. The minimum atomic E-state index is -3.53. The Balaban J connectivity index is 2.14. The number of sulfonamides is 1. The van der Waals surface area contributed by atoms with E-state index in [1.54, 1.807) is 17.8 Å². The van der Waals surface area contributed by atoms with Crippen LogP contribution in [0.15, 0.2) is 11.1 Å². The van der Waals surface area contributed by atoms with E-state index in [0.29, 0.717) is 18.8 Å². The molecule has 19 heavy (non-hydrogen) atoms. The van der Waals surface area contributed by atoms with Gasteiger partial charge >= 0.3 is 0 Å². The van der Waals surface area contributed by atoms with E-state index < -0.39 is 10.0 Å². The fraction of sp³-hybridized carbons (Fsp3) is 0.750. The van der Waals surface area contributed by atoms with E-state index in [-0.39, 0.29) is 17.0 Å². The van der Waals surface area contributed by atoms with Gasteiger partial charge in [0.05, 0.1) is 11.8 Å². The SMILES string of the molecule is CCn1cc(S(=O)(=O)NC(C)C2CCCO2)c(C)n1. The van der Waals surface area contributed by atoms with Crippen molar-refractivity contribution in [3.63, 3.8) is 0 Å². The van der Waals surface area contributed by atoms with Gasteiger partial charge in [-0.15, -0.1) is 0 Å². The Morgan fingerprint density at radius 1 is 1.63 bits per heavy atom. The van der Waals surface area contributed by atoms with Gasteiger partial charge in [0.15, 0.2) is 0 Å². The van der Waals surface area contributed by atoms with Gasteiger partial charge < -0.3 is 4.74 Å². The molecule has 1 N–H and O–H groups in total. The van der Waals surface area contributed by atoms with Crippen LogP contribution in [0.1, 0.15) is 32.4 Å². The third-order valence-corrected chi connectivity index (χ3v) is 5.04. The minimum absolute atomic E-state index is 0.0312. The van der Waals surface area contributed by atoms with Crippen LogP contribution in [0.25, 0.3) is 0 Å². The summed E-state index contributed by atoms with van der Waals surface area (Å²) in [5.74, 6) is 0. The Labute approximate surface area is 114 Å². The van der Waals surface area contributed by atoms with Crippen molar-refractivity contribution < 1.29 is 13.2 Å². The molecule has 0 aliphatic carbocycles. The number of nitrogens with one attached hydrogen (secondary N) is 1. The second kappa shape index (κ2) is 5.60. The molecule has 1 aliphatic heterocycles. The predicted octanol–water partition coefficient (Wildman–Crippen LogP) is 1.06. The highest BCUT2D eigenvalue weighted by Crippen LogP contribution is 2.19. The molecular formula is C12H21N3O3S. The molecule has 2 heterocycles. The van der Waals surface area contributed by atoms with Crippen molar-refractivity contribution in [3.8, 4) is 0 Å². The maximum atomic E-state index is 12.3. The molecule has 0 bridgehead atoms. The molecule has 1 aromatic heterocycles. The van der Waals surface area contributed by atoms with Gasteiger partial charge in [-0.2, -0.15) is 5.10 Å². The summed E-state index contributed by atoms with van der Waals surface area (Å²) in [5.41, 5.74) is 0.522. The fourth-order valence-electron chi connectivity index (χ4n) is 2.31. The van der Waals surface area contributed by atoms with E-state index in [2.05, 4.69) is 9.82 Å². The number of aromatic nitrogens is 2. The molecule has 1 aromatic rings. The van der Waals surface area contributed by atoms with E-state index in [1.807, 2.05) is 13.8 Å². The van der Waals surface area contributed by atoms with Gasteiger partial charge in [0.25, 0.3) is 0 Å². The molecule has 0 aromatic carbocycles. The maximum Gasteiger partial charge on any atom is 0.244 e. The Morgan fingerprint density at radius 3 is 2.89 bits per heavy atom. The molecule has 7 heteroatoms. The monoisotopic (exact) mass is 287 g/mol. The van der Waals surface area contributed by atoms with Gasteiger partial charge in [0.1, 0.15) is 4.90 Å². The van der Waals surface area contributed by atoms with Crippen LogP contribution in [0.3, 0.4) is 0 Å². The molecular weight excluding hydrogens is 266 g/mol. The van der Waals surface area contributed by atoms with Crippen molar-refractivity contribution >= 4 is 10.0 Å². The summed E-state index contributed by atoms with van der Waals surface area (Å²) in [7, 11) is -3.53. The van der Waals surface area contributed by atoms with E-state index in [0.717, 1.165) is 12.8 Å². The Kier molecular flexibility index (Phi) is 4.27. The van der Waals surface area contributed by atoms with Gasteiger partial charge in [-0.05, 0) is 33.6 Å². The van der Waals surface area contributed by atoms with Crippen LogP contribution in [0, 0.1) is 6.92 Å². The lowest BCUT2D eigenvalue weighted by Gasteiger charge is -2.19. The number of aryl methyl sites for hydroxylation is 2. The van der Waals surface area contributed by atoms with Crippen LogP contribution in [-0.4, -0.2) is 37.0 Å².